The Morgan fingerprint density at radius 2 is 1.83 bits per heavy atom. The summed E-state index contributed by atoms with van der Waals surface area (Å²) in [6, 6.07) is 7.91. The van der Waals surface area contributed by atoms with Crippen LogP contribution in [0.25, 0.3) is 0 Å². The van der Waals surface area contributed by atoms with E-state index in [9.17, 15) is 9.90 Å². The minimum absolute atomic E-state index is 0.0465. The third kappa shape index (κ3) is 3.91. The maximum atomic E-state index is 11.6. The smallest absolute Gasteiger partial charge is 0.330 e. The van der Waals surface area contributed by atoms with Gasteiger partial charge in [-0.05, 0) is 36.4 Å². The van der Waals surface area contributed by atoms with Crippen molar-refractivity contribution in [2.45, 2.75) is 25.3 Å². The third-order valence-corrected chi connectivity index (χ3v) is 4.06. The maximum Gasteiger partial charge on any atom is 0.330 e. The molecule has 0 bridgehead atoms. The number of carboxylic acid groups (broad SMARTS) is 1. The average Bonchev–Trinajstić information content (AvgIpc) is 2.60. The van der Waals surface area contributed by atoms with Gasteiger partial charge in [0, 0.05) is 13.1 Å². The van der Waals surface area contributed by atoms with Crippen LogP contribution in [-0.2, 0) is 4.79 Å². The van der Waals surface area contributed by atoms with Crippen molar-refractivity contribution in [2.24, 2.45) is 0 Å². The third-order valence-electron chi connectivity index (χ3n) is 3.89. The first-order valence-corrected chi connectivity index (χ1v) is 8.22. The van der Waals surface area contributed by atoms with Gasteiger partial charge in [-0.25, -0.2) is 4.79 Å². The van der Waals surface area contributed by atoms with E-state index in [0.29, 0.717) is 11.5 Å². The first-order chi connectivity index (χ1) is 11.6. The number of hydrogen-bond donors (Lipinski definition) is 2. The second-order valence-corrected chi connectivity index (χ2v) is 5.94. The Bertz CT molecular complexity index is 707. The zero-order chi connectivity index (χ0) is 16.9. The molecule has 1 aromatic carbocycles. The lowest BCUT2D eigenvalue weighted by Gasteiger charge is -2.26. The molecule has 0 aliphatic carbocycles. The van der Waals surface area contributed by atoms with Crippen molar-refractivity contribution in [1.29, 1.82) is 0 Å². The summed E-state index contributed by atoms with van der Waals surface area (Å²) in [5.41, 5.74) is 0.612. The number of piperidine rings is 1. The molecule has 7 nitrogen and oxygen atoms in total. The highest BCUT2D eigenvalue weighted by atomic mass is 35.5. The Morgan fingerprint density at radius 1 is 1.12 bits per heavy atom. The van der Waals surface area contributed by atoms with E-state index in [4.69, 9.17) is 11.6 Å². The SMILES string of the molecule is O=C(O)[C@H](Nc1nc(Cl)nc(N2CCCCC2)n1)c1ccccc1. The molecular formula is C16H18ClN5O2. The molecule has 3 rings (SSSR count). The lowest BCUT2D eigenvalue weighted by atomic mass is 10.1. The van der Waals surface area contributed by atoms with Gasteiger partial charge in [0.2, 0.25) is 17.2 Å². The summed E-state index contributed by atoms with van der Waals surface area (Å²) < 4.78 is 0. The minimum Gasteiger partial charge on any atom is -0.479 e. The Kier molecular flexibility index (Phi) is 5.10. The van der Waals surface area contributed by atoms with Crippen LogP contribution in [0.15, 0.2) is 30.3 Å². The van der Waals surface area contributed by atoms with Crippen molar-refractivity contribution in [1.82, 2.24) is 15.0 Å². The first kappa shape index (κ1) is 16.4. The van der Waals surface area contributed by atoms with E-state index >= 15 is 0 Å². The van der Waals surface area contributed by atoms with Gasteiger partial charge in [0.1, 0.15) is 0 Å². The van der Waals surface area contributed by atoms with Crippen molar-refractivity contribution < 1.29 is 9.90 Å². The van der Waals surface area contributed by atoms with Crippen LogP contribution in [0.1, 0.15) is 30.9 Å². The van der Waals surface area contributed by atoms with Crippen molar-refractivity contribution in [2.75, 3.05) is 23.3 Å². The number of benzene rings is 1. The highest BCUT2D eigenvalue weighted by Gasteiger charge is 2.22. The minimum atomic E-state index is -1.02. The number of rotatable bonds is 5. The summed E-state index contributed by atoms with van der Waals surface area (Å²) in [5, 5.41) is 12.4. The van der Waals surface area contributed by atoms with Crippen LogP contribution in [0.5, 0.6) is 0 Å². The Balaban J connectivity index is 1.85. The topological polar surface area (TPSA) is 91.2 Å². The number of aromatic nitrogens is 3. The molecule has 126 valence electrons. The standard InChI is InChI=1S/C16H18ClN5O2/c17-14-19-15(21-16(20-14)22-9-5-2-6-10-22)18-12(13(23)24)11-7-3-1-4-8-11/h1,3-4,7-8,12H,2,5-6,9-10H2,(H,23,24)(H,18,19,20,21)/t12-/m1/s1. The second kappa shape index (κ2) is 7.44. The van der Waals surface area contributed by atoms with Gasteiger partial charge >= 0.3 is 5.97 Å². The quantitative estimate of drug-likeness (QED) is 0.859. The van der Waals surface area contributed by atoms with Crippen LogP contribution in [0.4, 0.5) is 11.9 Å². The van der Waals surface area contributed by atoms with E-state index < -0.39 is 12.0 Å². The monoisotopic (exact) mass is 347 g/mol. The van der Waals surface area contributed by atoms with E-state index in [1.54, 1.807) is 24.3 Å². The van der Waals surface area contributed by atoms with Gasteiger partial charge in [0.15, 0.2) is 6.04 Å². The van der Waals surface area contributed by atoms with Gasteiger partial charge in [-0.3, -0.25) is 0 Å². The number of carboxylic acids is 1. The van der Waals surface area contributed by atoms with Crippen molar-refractivity contribution in [3.63, 3.8) is 0 Å². The lowest BCUT2D eigenvalue weighted by Crippen LogP contribution is -2.31. The first-order valence-electron chi connectivity index (χ1n) is 7.84. The van der Waals surface area contributed by atoms with Crippen LogP contribution in [0.2, 0.25) is 5.28 Å². The van der Waals surface area contributed by atoms with Crippen molar-refractivity contribution in [3.8, 4) is 0 Å². The summed E-state index contributed by atoms with van der Waals surface area (Å²) in [6.45, 7) is 1.72. The van der Waals surface area contributed by atoms with E-state index in [-0.39, 0.29) is 11.2 Å². The van der Waals surface area contributed by atoms with Gasteiger partial charge in [0.05, 0.1) is 0 Å². The number of halogens is 1. The Morgan fingerprint density at radius 3 is 2.50 bits per heavy atom. The van der Waals surface area contributed by atoms with Gasteiger partial charge in [-0.15, -0.1) is 0 Å². The Labute approximate surface area is 144 Å². The number of carbonyl (C=O) groups is 1. The van der Waals surface area contributed by atoms with Crippen molar-refractivity contribution in [3.05, 3.63) is 41.2 Å². The molecule has 24 heavy (non-hydrogen) atoms. The molecule has 8 heteroatoms. The van der Waals surface area contributed by atoms with Gasteiger partial charge < -0.3 is 15.3 Å². The molecule has 2 N–H and O–H groups in total. The molecule has 1 aliphatic rings. The van der Waals surface area contributed by atoms with E-state index in [1.807, 2.05) is 11.0 Å². The van der Waals surface area contributed by atoms with E-state index in [0.717, 1.165) is 25.9 Å². The molecule has 1 aliphatic heterocycles. The molecule has 2 heterocycles. The normalized spacial score (nSPS) is 15.8. The summed E-state index contributed by atoms with van der Waals surface area (Å²) in [4.78, 5) is 26.2. The van der Waals surface area contributed by atoms with Gasteiger partial charge in [0.25, 0.3) is 0 Å². The summed E-state index contributed by atoms with van der Waals surface area (Å²) >= 11 is 6.00. The maximum absolute atomic E-state index is 11.6. The molecule has 1 saturated heterocycles. The molecule has 0 spiro atoms. The van der Waals surface area contributed by atoms with Crippen LogP contribution >= 0.6 is 11.6 Å². The average molecular weight is 348 g/mol. The zero-order valence-electron chi connectivity index (χ0n) is 13.0. The molecule has 1 atom stereocenters. The van der Waals surface area contributed by atoms with Gasteiger partial charge in [-0.2, -0.15) is 15.0 Å². The summed E-state index contributed by atoms with van der Waals surface area (Å²) in [6.07, 6.45) is 3.34. The molecule has 2 aromatic rings. The molecular weight excluding hydrogens is 330 g/mol. The van der Waals surface area contributed by atoms with Crippen LogP contribution < -0.4 is 10.2 Å². The highest BCUT2D eigenvalue weighted by Crippen LogP contribution is 2.22. The van der Waals surface area contributed by atoms with E-state index in [1.165, 1.54) is 6.42 Å². The molecule has 0 amide bonds. The number of nitrogens with one attached hydrogen (secondary N) is 1. The predicted octanol–water partition coefficient (Wildman–Crippen LogP) is 2.75. The number of hydrogen-bond acceptors (Lipinski definition) is 6. The molecule has 0 radical (unpaired) electrons. The van der Waals surface area contributed by atoms with E-state index in [2.05, 4.69) is 20.3 Å². The molecule has 0 saturated carbocycles. The zero-order valence-corrected chi connectivity index (χ0v) is 13.8. The fraction of sp³-hybridized carbons (Fsp3) is 0.375. The van der Waals surface area contributed by atoms with Crippen LogP contribution in [0, 0.1) is 0 Å². The number of nitrogens with zero attached hydrogens (tertiary/aromatic N) is 4. The summed E-state index contributed by atoms with van der Waals surface area (Å²) in [7, 11) is 0. The van der Waals surface area contributed by atoms with Gasteiger partial charge in [-0.1, -0.05) is 30.3 Å². The molecule has 1 fully saturated rings. The predicted molar refractivity (Wildman–Crippen MR) is 91.3 cm³/mol. The fourth-order valence-electron chi connectivity index (χ4n) is 2.70. The van der Waals surface area contributed by atoms with Crippen molar-refractivity contribution >= 4 is 29.5 Å². The lowest BCUT2D eigenvalue weighted by molar-refractivity contribution is -0.138. The largest absolute Gasteiger partial charge is 0.479 e. The summed E-state index contributed by atoms with van der Waals surface area (Å²) in [5.74, 6) is -0.376. The number of aliphatic carboxylic acids is 1. The van der Waals surface area contributed by atoms with Crippen LogP contribution in [0.3, 0.4) is 0 Å². The number of anilines is 2. The molecule has 1 aromatic heterocycles. The van der Waals surface area contributed by atoms with Crippen LogP contribution in [-0.4, -0.2) is 39.1 Å². The molecule has 0 unspecified atom stereocenters. The highest BCUT2D eigenvalue weighted by molar-refractivity contribution is 6.28. The fourth-order valence-corrected chi connectivity index (χ4v) is 2.86. The second-order valence-electron chi connectivity index (χ2n) is 5.60. The Hall–Kier alpha value is -2.41.